The van der Waals surface area contributed by atoms with E-state index < -0.39 is 0 Å². The van der Waals surface area contributed by atoms with E-state index in [2.05, 4.69) is 17.9 Å². The van der Waals surface area contributed by atoms with Crippen LogP contribution >= 0.6 is 0 Å². The fourth-order valence-electron chi connectivity index (χ4n) is 0.272. The van der Waals surface area contributed by atoms with Gasteiger partial charge in [0.05, 0.1) is 0 Å². The largest absolute Gasteiger partial charge is 0.393 e. The smallest absolute Gasteiger partial charge is 0.291 e. The molecule has 0 bridgehead atoms. The van der Waals surface area contributed by atoms with Gasteiger partial charge in [-0.1, -0.05) is 93.7 Å². The van der Waals surface area contributed by atoms with Crippen LogP contribution in [-0.4, -0.2) is 0 Å². The Morgan fingerprint density at radius 3 is 1.21 bits per heavy atom. The molecule has 24 heavy (non-hydrogen) atoms. The van der Waals surface area contributed by atoms with E-state index in [-0.39, 0.29) is 7.43 Å². The van der Waals surface area contributed by atoms with Gasteiger partial charge in [-0.15, -0.1) is 11.8 Å². The van der Waals surface area contributed by atoms with Gasteiger partial charge in [-0.3, -0.25) is 0 Å². The maximum absolute atomic E-state index is 7.92. The van der Waals surface area contributed by atoms with E-state index in [9.17, 15) is 0 Å². The molecule has 0 rings (SSSR count). The van der Waals surface area contributed by atoms with Gasteiger partial charge in [0.15, 0.2) is 0 Å². The van der Waals surface area contributed by atoms with Crippen molar-refractivity contribution in [3.63, 3.8) is 0 Å². The Bertz CT molecular complexity index is 229. The highest BCUT2D eigenvalue weighted by Crippen LogP contribution is 1.91. The maximum atomic E-state index is 7.92. The molecule has 0 aliphatic carbocycles. The molecule has 0 heterocycles. The molecule has 0 N–H and O–H groups in total. The average Bonchev–Trinajstić information content (AvgIpc) is 2.63. The number of hydrogen-bond acceptors (Lipinski definition) is 2. The Kier molecular flexibility index (Phi) is 264. The van der Waals surface area contributed by atoms with Gasteiger partial charge in [0.2, 0.25) is 0 Å². The monoisotopic (exact) mass is 343 g/mol. The van der Waals surface area contributed by atoms with Crippen molar-refractivity contribution in [3.05, 3.63) is 49.3 Å². The Balaban J connectivity index is -0.0000000231. The van der Waals surface area contributed by atoms with Crippen molar-refractivity contribution in [1.29, 1.82) is 5.26 Å². The third kappa shape index (κ3) is 272. The Morgan fingerprint density at radius 2 is 1.08 bits per heavy atom. The summed E-state index contributed by atoms with van der Waals surface area (Å²) in [6, 6.07) is 0. The first kappa shape index (κ1) is 49.5. The minimum atomic E-state index is 0. The third-order valence-electron chi connectivity index (χ3n) is 0.893. The van der Waals surface area contributed by atoms with Crippen molar-refractivity contribution in [2.45, 2.75) is 90.5 Å². The zero-order valence-electron chi connectivity index (χ0n) is 18.2. The summed E-state index contributed by atoms with van der Waals surface area (Å²) < 4.78 is 4.38. The summed E-state index contributed by atoms with van der Waals surface area (Å²) in [6.45, 7) is 30.4. The molecule has 148 valence electrons. The van der Waals surface area contributed by atoms with E-state index in [1.54, 1.807) is 25.2 Å². The second-order valence-corrected chi connectivity index (χ2v) is 2.28. The molecule has 0 aromatic heterocycles. The van der Waals surface area contributed by atoms with Crippen LogP contribution in [0.15, 0.2) is 49.3 Å². The van der Waals surface area contributed by atoms with E-state index in [0.29, 0.717) is 5.76 Å². The summed E-state index contributed by atoms with van der Waals surface area (Å²) in [6.07, 6.45) is 10.5. The first-order valence-electron chi connectivity index (χ1n) is 8.64. The molecular formula is C22H49NO. The molecule has 0 fully saturated rings. The Morgan fingerprint density at radius 1 is 0.833 bits per heavy atom. The summed E-state index contributed by atoms with van der Waals surface area (Å²) in [5.74, 6) is 0.558. The van der Waals surface area contributed by atoms with Crippen LogP contribution in [0.3, 0.4) is 0 Å². The van der Waals surface area contributed by atoms with Crippen LogP contribution in [0.5, 0.6) is 0 Å². The zero-order chi connectivity index (χ0) is 20.5. The number of hydrogen-bond donors (Lipinski definition) is 0. The molecule has 0 aliphatic heterocycles. The number of allylic oxidation sites excluding steroid dienone is 6. The van der Waals surface area contributed by atoms with Crippen molar-refractivity contribution in [1.82, 2.24) is 0 Å². The minimum absolute atomic E-state index is 0. The van der Waals surface area contributed by atoms with Crippen LogP contribution in [0.25, 0.3) is 0 Å². The van der Waals surface area contributed by atoms with Gasteiger partial charge in [-0.2, -0.15) is 0 Å². The van der Waals surface area contributed by atoms with Crippen LogP contribution in [0, 0.1) is 11.5 Å². The number of nitrogens with zero attached hydrogens (tertiary/aromatic N) is 1. The summed E-state index contributed by atoms with van der Waals surface area (Å²) in [7, 11) is 0. The molecule has 2 heteroatoms. The lowest BCUT2D eigenvalue weighted by atomic mass is 10.5. The van der Waals surface area contributed by atoms with Crippen LogP contribution < -0.4 is 0 Å². The summed E-state index contributed by atoms with van der Waals surface area (Å²) in [5.41, 5.74) is 0. The second-order valence-electron chi connectivity index (χ2n) is 2.28. The molecule has 0 unspecified atom stereocenters. The van der Waals surface area contributed by atoms with Crippen molar-refractivity contribution < 1.29 is 4.74 Å². The SMILES string of the molecule is C.C/C=C\C.C=C/C=C(\C)OC#N.C=CC.CC.CC.CC.CC. The molecule has 0 spiro atoms. The van der Waals surface area contributed by atoms with Gasteiger partial charge < -0.3 is 4.74 Å². The maximum Gasteiger partial charge on any atom is 0.291 e. The third-order valence-corrected chi connectivity index (χ3v) is 0.893. The van der Waals surface area contributed by atoms with E-state index in [1.807, 2.05) is 88.3 Å². The predicted molar refractivity (Wildman–Crippen MR) is 119 cm³/mol. The predicted octanol–water partition coefficient (Wildman–Crippen LogP) is 9.09. The van der Waals surface area contributed by atoms with Crippen molar-refractivity contribution in [2.24, 2.45) is 0 Å². The van der Waals surface area contributed by atoms with E-state index in [1.165, 1.54) is 6.26 Å². The molecule has 0 aliphatic rings. The fraction of sp³-hybridized carbons (Fsp3) is 0.591. The minimum Gasteiger partial charge on any atom is -0.393 e. The highest BCUT2D eigenvalue weighted by atomic mass is 16.5. The first-order chi connectivity index (χ1) is 11.1. The van der Waals surface area contributed by atoms with Gasteiger partial charge in [-0.05, 0) is 33.8 Å². The summed E-state index contributed by atoms with van der Waals surface area (Å²) in [5, 5.41) is 7.92. The van der Waals surface area contributed by atoms with E-state index in [4.69, 9.17) is 5.26 Å². The molecule has 0 atom stereocenters. The van der Waals surface area contributed by atoms with Gasteiger partial charge in [-0.25, -0.2) is 0 Å². The van der Waals surface area contributed by atoms with Gasteiger partial charge in [0.1, 0.15) is 5.76 Å². The van der Waals surface area contributed by atoms with Crippen LogP contribution in [0.1, 0.15) is 90.5 Å². The molecule has 0 aromatic carbocycles. The molecule has 0 radical (unpaired) electrons. The fourth-order valence-corrected chi connectivity index (χ4v) is 0.272. The van der Waals surface area contributed by atoms with Crippen molar-refractivity contribution >= 4 is 0 Å². The number of ether oxygens (including phenoxy) is 1. The molecule has 0 aromatic rings. The molecule has 0 saturated heterocycles. The Labute approximate surface area is 156 Å². The van der Waals surface area contributed by atoms with Crippen molar-refractivity contribution in [3.8, 4) is 6.26 Å². The van der Waals surface area contributed by atoms with Gasteiger partial charge >= 0.3 is 0 Å². The number of rotatable bonds is 2. The lowest BCUT2D eigenvalue weighted by Crippen LogP contribution is -1.74. The van der Waals surface area contributed by atoms with Crippen LogP contribution in [0.4, 0.5) is 0 Å². The van der Waals surface area contributed by atoms with E-state index in [0.717, 1.165) is 0 Å². The lowest BCUT2D eigenvalue weighted by Gasteiger charge is -1.87. The van der Waals surface area contributed by atoms with Crippen molar-refractivity contribution in [2.75, 3.05) is 0 Å². The number of nitriles is 1. The topological polar surface area (TPSA) is 33.0 Å². The second kappa shape index (κ2) is 128. The highest BCUT2D eigenvalue weighted by molar-refractivity contribution is 5.02. The van der Waals surface area contributed by atoms with Crippen LogP contribution in [-0.2, 0) is 4.74 Å². The molecular weight excluding hydrogens is 294 g/mol. The molecule has 2 nitrogen and oxygen atoms in total. The average molecular weight is 344 g/mol. The lowest BCUT2D eigenvalue weighted by molar-refractivity contribution is 0.377. The van der Waals surface area contributed by atoms with E-state index >= 15 is 0 Å². The highest BCUT2D eigenvalue weighted by Gasteiger charge is 1.80. The molecule has 0 amide bonds. The zero-order valence-corrected chi connectivity index (χ0v) is 18.2. The van der Waals surface area contributed by atoms with Gasteiger partial charge in [0.25, 0.3) is 6.26 Å². The quantitative estimate of drug-likeness (QED) is 0.217. The van der Waals surface area contributed by atoms with Crippen LogP contribution in [0.2, 0.25) is 0 Å². The first-order valence-corrected chi connectivity index (χ1v) is 8.64. The Hall–Kier alpha value is -1.75. The summed E-state index contributed by atoms with van der Waals surface area (Å²) >= 11 is 0. The van der Waals surface area contributed by atoms with Gasteiger partial charge in [0, 0.05) is 0 Å². The standard InChI is InChI=1S/C6H7NO.C4H8.C3H6.4C2H6.CH4/c1-3-4-6(2)8-5-7;1-3-4-2;1-3-2;4*1-2;/h3-4H,1H2,2H3;3-4H,1-2H3;3H,1H2,2H3;4*1-2H3;1H4/b6-4+;4-3-;;;;;;. The summed E-state index contributed by atoms with van der Waals surface area (Å²) in [4.78, 5) is 0. The molecule has 0 saturated carbocycles. The normalized spacial score (nSPS) is 6.38.